The number of hydrogen-bond acceptors (Lipinski definition) is 2. The van der Waals surface area contributed by atoms with Crippen LogP contribution in [-0.2, 0) is 9.59 Å². The molecule has 0 spiro atoms. The molecule has 0 unspecified atom stereocenters. The number of nitrogens with zero attached hydrogens (tertiary/aromatic N) is 1. The number of anilines is 2. The predicted octanol–water partition coefficient (Wildman–Crippen LogP) is 2.55. The van der Waals surface area contributed by atoms with Crippen LogP contribution in [0.15, 0.2) is 24.3 Å². The summed E-state index contributed by atoms with van der Waals surface area (Å²) in [5.41, 5.74) is 1.68. The van der Waals surface area contributed by atoms with E-state index in [9.17, 15) is 9.59 Å². The van der Waals surface area contributed by atoms with Gasteiger partial charge >= 0.3 is 0 Å². The molecule has 96 valence electrons. The topological polar surface area (TPSA) is 49.4 Å². The monoisotopic (exact) mass is 246 g/mol. The molecular weight excluding hydrogens is 228 g/mol. The Bertz CT molecular complexity index is 440. The van der Waals surface area contributed by atoms with Crippen molar-refractivity contribution in [1.82, 2.24) is 0 Å². The molecule has 4 heteroatoms. The van der Waals surface area contributed by atoms with E-state index in [1.165, 1.54) is 0 Å². The van der Waals surface area contributed by atoms with E-state index in [0.29, 0.717) is 12.8 Å². The van der Waals surface area contributed by atoms with Crippen molar-refractivity contribution in [3.05, 3.63) is 24.3 Å². The summed E-state index contributed by atoms with van der Waals surface area (Å²) in [5.74, 6) is 0.184. The Kier molecular flexibility index (Phi) is 3.97. The highest BCUT2D eigenvalue weighted by Crippen LogP contribution is 2.22. The molecule has 4 nitrogen and oxygen atoms in total. The number of carbonyl (C=O) groups is 2. The minimum Gasteiger partial charge on any atom is -0.326 e. The van der Waals surface area contributed by atoms with Crippen LogP contribution in [0, 0.1) is 0 Å². The maximum absolute atomic E-state index is 11.8. The lowest BCUT2D eigenvalue weighted by Gasteiger charge is -2.26. The third-order valence-corrected chi connectivity index (χ3v) is 3.11. The van der Waals surface area contributed by atoms with Gasteiger partial charge in [-0.15, -0.1) is 0 Å². The third kappa shape index (κ3) is 2.88. The second-order valence-corrected chi connectivity index (χ2v) is 4.45. The first kappa shape index (κ1) is 12.6. The van der Waals surface area contributed by atoms with E-state index >= 15 is 0 Å². The molecule has 0 radical (unpaired) electrons. The lowest BCUT2D eigenvalue weighted by molar-refractivity contribution is -0.119. The molecule has 0 aromatic heterocycles. The van der Waals surface area contributed by atoms with Gasteiger partial charge in [-0.25, -0.2) is 0 Å². The summed E-state index contributed by atoms with van der Waals surface area (Å²) in [6.45, 7) is 2.61. The van der Waals surface area contributed by atoms with E-state index in [2.05, 4.69) is 5.32 Å². The molecule has 1 heterocycles. The van der Waals surface area contributed by atoms with E-state index in [4.69, 9.17) is 0 Å². The van der Waals surface area contributed by atoms with Gasteiger partial charge in [0.25, 0.3) is 0 Å². The molecule has 0 saturated carbocycles. The zero-order valence-electron chi connectivity index (χ0n) is 10.6. The van der Waals surface area contributed by atoms with Crippen molar-refractivity contribution >= 4 is 23.2 Å². The number of benzene rings is 1. The largest absolute Gasteiger partial charge is 0.326 e. The molecule has 2 amide bonds. The summed E-state index contributed by atoms with van der Waals surface area (Å²) >= 11 is 0. The standard InChI is InChI=1S/C14H18N2O2/c1-2-13(17)15-11-6-8-12(9-7-11)16-10-4-3-5-14(16)18/h6-9H,2-5,10H2,1H3,(H,15,17). The van der Waals surface area contributed by atoms with Crippen LogP contribution in [0.5, 0.6) is 0 Å². The predicted molar refractivity (Wildman–Crippen MR) is 71.6 cm³/mol. The second kappa shape index (κ2) is 5.67. The summed E-state index contributed by atoms with van der Waals surface area (Å²) in [5, 5.41) is 2.79. The molecule has 2 rings (SSSR count). The van der Waals surface area contributed by atoms with Crippen LogP contribution in [0.4, 0.5) is 11.4 Å². The van der Waals surface area contributed by atoms with Crippen LogP contribution < -0.4 is 10.2 Å². The van der Waals surface area contributed by atoms with Crippen molar-refractivity contribution in [1.29, 1.82) is 0 Å². The van der Waals surface area contributed by atoms with Gasteiger partial charge in [0.15, 0.2) is 0 Å². The Hall–Kier alpha value is -1.84. The SMILES string of the molecule is CCC(=O)Nc1ccc(N2CCCCC2=O)cc1. The third-order valence-electron chi connectivity index (χ3n) is 3.11. The minimum atomic E-state index is -0.00296. The molecule has 1 fully saturated rings. The van der Waals surface area contributed by atoms with Crippen molar-refractivity contribution in [3.8, 4) is 0 Å². The first-order chi connectivity index (χ1) is 8.70. The van der Waals surface area contributed by atoms with Crippen molar-refractivity contribution in [2.24, 2.45) is 0 Å². The van der Waals surface area contributed by atoms with Crippen LogP contribution in [-0.4, -0.2) is 18.4 Å². The molecule has 18 heavy (non-hydrogen) atoms. The molecule has 1 aromatic rings. The molecule has 0 aliphatic carbocycles. The summed E-state index contributed by atoms with van der Waals surface area (Å²) in [7, 11) is 0. The maximum Gasteiger partial charge on any atom is 0.226 e. The fourth-order valence-electron chi connectivity index (χ4n) is 2.05. The van der Waals surface area contributed by atoms with Gasteiger partial charge in [0.05, 0.1) is 0 Å². The molecule has 1 aliphatic heterocycles. The van der Waals surface area contributed by atoms with Gasteiger partial charge in [-0.2, -0.15) is 0 Å². The zero-order valence-corrected chi connectivity index (χ0v) is 10.6. The highest BCUT2D eigenvalue weighted by molar-refractivity contribution is 5.95. The fourth-order valence-corrected chi connectivity index (χ4v) is 2.05. The lowest BCUT2D eigenvalue weighted by Crippen LogP contribution is -2.35. The molecule has 1 aromatic carbocycles. The van der Waals surface area contributed by atoms with Gasteiger partial charge in [0.1, 0.15) is 0 Å². The Morgan fingerprint density at radius 2 is 2.00 bits per heavy atom. The number of nitrogens with one attached hydrogen (secondary N) is 1. The van der Waals surface area contributed by atoms with Crippen LogP contribution in [0.3, 0.4) is 0 Å². The average Bonchev–Trinajstić information content (AvgIpc) is 2.40. The molecule has 1 saturated heterocycles. The van der Waals surface area contributed by atoms with Crippen LogP contribution in [0.1, 0.15) is 32.6 Å². The highest BCUT2D eigenvalue weighted by atomic mass is 16.2. The molecule has 0 atom stereocenters. The summed E-state index contributed by atoms with van der Waals surface area (Å²) < 4.78 is 0. The van der Waals surface area contributed by atoms with Gasteiger partial charge in [-0.1, -0.05) is 6.92 Å². The van der Waals surface area contributed by atoms with Crippen molar-refractivity contribution in [2.45, 2.75) is 32.6 Å². The van der Waals surface area contributed by atoms with Crippen molar-refractivity contribution in [3.63, 3.8) is 0 Å². The number of amides is 2. The number of rotatable bonds is 3. The number of hydrogen-bond donors (Lipinski definition) is 1. The Balaban J connectivity index is 2.07. The average molecular weight is 246 g/mol. The minimum absolute atomic E-state index is 0.00296. The van der Waals surface area contributed by atoms with Crippen LogP contribution in [0.25, 0.3) is 0 Å². The van der Waals surface area contributed by atoms with E-state index < -0.39 is 0 Å². The van der Waals surface area contributed by atoms with Crippen LogP contribution >= 0.6 is 0 Å². The Morgan fingerprint density at radius 3 is 2.61 bits per heavy atom. The van der Waals surface area contributed by atoms with Crippen LogP contribution in [0.2, 0.25) is 0 Å². The molecular formula is C14H18N2O2. The second-order valence-electron chi connectivity index (χ2n) is 4.45. The fraction of sp³-hybridized carbons (Fsp3) is 0.429. The normalized spacial score (nSPS) is 15.6. The van der Waals surface area contributed by atoms with Gasteiger partial charge in [0, 0.05) is 30.8 Å². The van der Waals surface area contributed by atoms with Crippen molar-refractivity contribution < 1.29 is 9.59 Å². The maximum atomic E-state index is 11.8. The Labute approximate surface area is 107 Å². The van der Waals surface area contributed by atoms with Crippen molar-refractivity contribution in [2.75, 3.05) is 16.8 Å². The summed E-state index contributed by atoms with van der Waals surface area (Å²) in [6, 6.07) is 7.44. The molecule has 0 bridgehead atoms. The summed E-state index contributed by atoms with van der Waals surface area (Å²) in [6.07, 6.45) is 3.14. The first-order valence-electron chi connectivity index (χ1n) is 6.41. The van der Waals surface area contributed by atoms with E-state index in [1.807, 2.05) is 36.1 Å². The molecule has 1 aliphatic rings. The number of piperidine rings is 1. The van der Waals surface area contributed by atoms with E-state index in [1.54, 1.807) is 0 Å². The van der Waals surface area contributed by atoms with Gasteiger partial charge < -0.3 is 10.2 Å². The van der Waals surface area contributed by atoms with E-state index in [-0.39, 0.29) is 11.8 Å². The zero-order chi connectivity index (χ0) is 13.0. The van der Waals surface area contributed by atoms with Gasteiger partial charge in [-0.05, 0) is 37.1 Å². The van der Waals surface area contributed by atoms with E-state index in [0.717, 1.165) is 30.8 Å². The highest BCUT2D eigenvalue weighted by Gasteiger charge is 2.19. The summed E-state index contributed by atoms with van der Waals surface area (Å²) in [4.78, 5) is 24.8. The first-order valence-corrected chi connectivity index (χ1v) is 6.41. The Morgan fingerprint density at radius 1 is 1.28 bits per heavy atom. The molecule has 1 N–H and O–H groups in total. The van der Waals surface area contributed by atoms with Gasteiger partial charge in [-0.3, -0.25) is 9.59 Å². The lowest BCUT2D eigenvalue weighted by atomic mass is 10.1. The number of carbonyl (C=O) groups excluding carboxylic acids is 2. The quantitative estimate of drug-likeness (QED) is 0.891. The smallest absolute Gasteiger partial charge is 0.226 e. The van der Waals surface area contributed by atoms with Gasteiger partial charge in [0.2, 0.25) is 11.8 Å².